The first-order valence-corrected chi connectivity index (χ1v) is 28.1. The number of thiophene rings is 2. The van der Waals surface area contributed by atoms with Crippen LogP contribution in [0.4, 0.5) is 34.1 Å². The normalized spacial score (nSPS) is 12.4. The number of aryl methyl sites for hydroxylation is 1. The third kappa shape index (κ3) is 6.75. The van der Waals surface area contributed by atoms with Gasteiger partial charge in [0.05, 0.1) is 37.2 Å². The maximum atomic E-state index is 7.35. The van der Waals surface area contributed by atoms with E-state index >= 15 is 0 Å². The lowest BCUT2D eigenvalue weighted by molar-refractivity contribution is 0.590. The van der Waals surface area contributed by atoms with Gasteiger partial charge in [0, 0.05) is 81.3 Å². The van der Waals surface area contributed by atoms with Crippen molar-refractivity contribution in [1.82, 2.24) is 4.40 Å². The SMILES string of the molecule is Cc1ccc(N(c2ccc3cc4c5cc(-c6ccccc6)cc6c7c8ccc(N(c9ccc(C(C)(C)C)cc9)c9cccc%10c9sc9ccccc9%10)cc8oc7n(c4cc3c2)c56)c2cccc3c2sc2ccccc23)cc1. The van der Waals surface area contributed by atoms with Crippen molar-refractivity contribution in [3.63, 3.8) is 0 Å². The molecule has 0 saturated carbocycles. The number of nitrogens with zero attached hydrogens (tertiary/aromatic N) is 3. The smallest absolute Gasteiger partial charge is 0.213 e. The number of aromatic nitrogens is 1. The Morgan fingerprint density at radius 1 is 0.416 bits per heavy atom. The second-order valence-corrected chi connectivity index (χ2v) is 23.9. The predicted molar refractivity (Wildman–Crippen MR) is 332 cm³/mol. The van der Waals surface area contributed by atoms with E-state index in [2.05, 4.69) is 266 Å². The summed E-state index contributed by atoms with van der Waals surface area (Å²) in [6.45, 7) is 8.99. The van der Waals surface area contributed by atoms with Gasteiger partial charge in [-0.25, -0.2) is 0 Å². The highest BCUT2D eigenvalue weighted by Gasteiger charge is 2.27. The molecule has 0 saturated heterocycles. The fraction of sp³-hybridized carbons (Fsp3) is 0.0704. The minimum Gasteiger partial charge on any atom is -0.439 e. The van der Waals surface area contributed by atoms with E-state index < -0.39 is 0 Å². The summed E-state index contributed by atoms with van der Waals surface area (Å²) in [4.78, 5) is 4.86. The van der Waals surface area contributed by atoms with Crippen LogP contribution < -0.4 is 9.80 Å². The molecule has 6 heteroatoms. The molecule has 0 aliphatic carbocycles. The summed E-state index contributed by atoms with van der Waals surface area (Å²) in [5.41, 5.74) is 15.7. The average Bonchev–Trinajstić information content (AvgIpc) is 4.43. The van der Waals surface area contributed by atoms with Gasteiger partial charge in [-0.3, -0.25) is 4.40 Å². The molecule has 0 spiro atoms. The first-order chi connectivity index (χ1) is 37.7. The molecule has 0 radical (unpaired) electrons. The van der Waals surface area contributed by atoms with Gasteiger partial charge >= 0.3 is 0 Å². The molecule has 16 aromatic rings. The number of hydrogen-bond donors (Lipinski definition) is 0. The van der Waals surface area contributed by atoms with Crippen molar-refractivity contribution < 1.29 is 4.42 Å². The van der Waals surface area contributed by atoms with E-state index in [1.165, 1.54) is 95.3 Å². The lowest BCUT2D eigenvalue weighted by Gasteiger charge is -2.27. The summed E-state index contributed by atoms with van der Waals surface area (Å²) < 4.78 is 14.9. The summed E-state index contributed by atoms with van der Waals surface area (Å²) in [6.07, 6.45) is 0. The van der Waals surface area contributed by atoms with E-state index in [9.17, 15) is 0 Å². The van der Waals surface area contributed by atoms with Gasteiger partial charge in [-0.15, -0.1) is 22.7 Å². The molecule has 0 unspecified atom stereocenters. The van der Waals surface area contributed by atoms with E-state index in [1.54, 1.807) is 0 Å². The van der Waals surface area contributed by atoms with Crippen molar-refractivity contribution in [2.24, 2.45) is 0 Å². The Morgan fingerprint density at radius 2 is 0.987 bits per heavy atom. The van der Waals surface area contributed by atoms with Crippen LogP contribution in [0.25, 0.3) is 112 Å². The lowest BCUT2D eigenvalue weighted by Crippen LogP contribution is -2.13. The molecule has 5 heterocycles. The average molecular weight is 1020 g/mol. The van der Waals surface area contributed by atoms with Crippen LogP contribution in [0.1, 0.15) is 31.9 Å². The molecule has 0 N–H and O–H groups in total. The molecule has 16 rings (SSSR count). The third-order valence-corrected chi connectivity index (χ3v) is 18.5. The molecular weight excluding hydrogens is 975 g/mol. The molecule has 0 fully saturated rings. The van der Waals surface area contributed by atoms with Crippen LogP contribution in [0.3, 0.4) is 0 Å². The van der Waals surface area contributed by atoms with E-state index in [4.69, 9.17) is 4.42 Å². The van der Waals surface area contributed by atoms with Crippen molar-refractivity contribution in [3.05, 3.63) is 236 Å². The summed E-state index contributed by atoms with van der Waals surface area (Å²) in [5, 5.41) is 13.3. The minimum atomic E-state index is 0.0266. The van der Waals surface area contributed by atoms with Crippen molar-refractivity contribution in [3.8, 4) is 11.1 Å². The fourth-order valence-electron chi connectivity index (χ4n) is 12.3. The quantitative estimate of drug-likeness (QED) is 0.159. The highest BCUT2D eigenvalue weighted by atomic mass is 32.1. The van der Waals surface area contributed by atoms with Gasteiger partial charge in [0.15, 0.2) is 0 Å². The van der Waals surface area contributed by atoms with Crippen molar-refractivity contribution >= 4 is 157 Å². The predicted octanol–water partition coefficient (Wildman–Crippen LogP) is 21.7. The zero-order valence-electron chi connectivity index (χ0n) is 42.9. The number of hydrogen-bond acceptors (Lipinski definition) is 5. The van der Waals surface area contributed by atoms with Crippen LogP contribution in [0, 0.1) is 6.92 Å². The van der Waals surface area contributed by atoms with Gasteiger partial charge < -0.3 is 14.2 Å². The molecule has 0 amide bonds. The van der Waals surface area contributed by atoms with Crippen LogP contribution in [-0.4, -0.2) is 4.40 Å². The van der Waals surface area contributed by atoms with Gasteiger partial charge in [-0.05, 0) is 137 Å². The monoisotopic (exact) mass is 1020 g/mol. The molecule has 5 aromatic heterocycles. The Kier molecular flexibility index (Phi) is 9.52. The second-order valence-electron chi connectivity index (χ2n) is 21.8. The van der Waals surface area contributed by atoms with Crippen molar-refractivity contribution in [2.75, 3.05) is 9.80 Å². The zero-order valence-corrected chi connectivity index (χ0v) is 44.6. The number of rotatable bonds is 7. The van der Waals surface area contributed by atoms with Gasteiger partial charge in [-0.2, -0.15) is 0 Å². The standard InChI is InChI=1S/C71H49N3OS2/c1-42-24-29-48(30-25-42)72(60-20-12-18-54-52-16-8-10-22-64(52)76-68(54)60)50-31-26-44-37-57-58-38-46(43-14-6-5-7-15-43)39-59-66-56-35-34-51(41-63(56)75-70(66)74(67(58)59)62(57)40-45(44)36-50)73(49-32-27-47(28-33-49)71(2,3)4)61-21-13-19-55-53-17-9-11-23-65(53)77-69(55)61/h5-41H,1-4H3. The van der Waals surface area contributed by atoms with Crippen LogP contribution in [0.15, 0.2) is 229 Å². The van der Waals surface area contributed by atoms with Crippen LogP contribution in [-0.2, 0) is 5.41 Å². The van der Waals surface area contributed by atoms with Crippen molar-refractivity contribution in [2.45, 2.75) is 33.1 Å². The Balaban J connectivity index is 0.925. The second kappa shape index (κ2) is 16.5. The molecule has 366 valence electrons. The number of furan rings is 1. The zero-order chi connectivity index (χ0) is 51.3. The first kappa shape index (κ1) is 44.4. The Bertz CT molecular complexity index is 5030. The highest BCUT2D eigenvalue weighted by Crippen LogP contribution is 2.51. The third-order valence-electron chi connectivity index (χ3n) is 16.1. The Morgan fingerprint density at radius 3 is 1.65 bits per heavy atom. The lowest BCUT2D eigenvalue weighted by atomic mass is 9.87. The molecule has 0 bridgehead atoms. The van der Waals surface area contributed by atoms with E-state index in [0.29, 0.717) is 0 Å². The number of fused-ring (bicyclic) bond motifs is 15. The van der Waals surface area contributed by atoms with Crippen LogP contribution in [0.5, 0.6) is 0 Å². The largest absolute Gasteiger partial charge is 0.439 e. The summed E-state index contributed by atoms with van der Waals surface area (Å²) in [6, 6.07) is 83.3. The van der Waals surface area contributed by atoms with Crippen LogP contribution in [0.2, 0.25) is 0 Å². The van der Waals surface area contributed by atoms with Gasteiger partial charge in [-0.1, -0.05) is 148 Å². The van der Waals surface area contributed by atoms with Gasteiger partial charge in [0.2, 0.25) is 5.71 Å². The van der Waals surface area contributed by atoms with E-state index in [-0.39, 0.29) is 5.41 Å². The summed E-state index contributed by atoms with van der Waals surface area (Å²) >= 11 is 3.73. The molecule has 0 aliphatic heterocycles. The van der Waals surface area contributed by atoms with E-state index in [0.717, 1.165) is 61.4 Å². The molecule has 0 atom stereocenters. The molecule has 11 aromatic carbocycles. The Hall–Kier alpha value is -8.94. The van der Waals surface area contributed by atoms with Gasteiger partial charge in [0.25, 0.3) is 0 Å². The highest BCUT2D eigenvalue weighted by molar-refractivity contribution is 7.26. The molecule has 0 aliphatic rings. The Labute approximate surface area is 452 Å². The fourth-order valence-corrected chi connectivity index (χ4v) is 14.7. The summed E-state index contributed by atoms with van der Waals surface area (Å²) in [7, 11) is 0. The number of anilines is 6. The first-order valence-electron chi connectivity index (χ1n) is 26.5. The maximum absolute atomic E-state index is 7.35. The van der Waals surface area contributed by atoms with E-state index in [1.807, 2.05) is 22.7 Å². The molecular formula is C71H49N3OS2. The van der Waals surface area contributed by atoms with Gasteiger partial charge in [0.1, 0.15) is 5.58 Å². The minimum absolute atomic E-state index is 0.0266. The van der Waals surface area contributed by atoms with Crippen molar-refractivity contribution in [1.29, 1.82) is 0 Å². The topological polar surface area (TPSA) is 24.0 Å². The maximum Gasteiger partial charge on any atom is 0.213 e. The van der Waals surface area contributed by atoms with Crippen LogP contribution >= 0.6 is 22.7 Å². The number of benzene rings is 11. The molecule has 77 heavy (non-hydrogen) atoms. The summed E-state index contributed by atoms with van der Waals surface area (Å²) in [5.74, 6) is 0. The molecule has 4 nitrogen and oxygen atoms in total.